The molecule has 140 valence electrons. The molecule has 26 heavy (non-hydrogen) atoms. The van der Waals surface area contributed by atoms with E-state index in [-0.39, 0.29) is 23.5 Å². The highest BCUT2D eigenvalue weighted by atomic mass is 32.2. The van der Waals surface area contributed by atoms with Crippen molar-refractivity contribution in [3.05, 3.63) is 40.1 Å². The van der Waals surface area contributed by atoms with E-state index < -0.39 is 5.25 Å². The third kappa shape index (κ3) is 4.34. The number of ether oxygens (including phenoxy) is 1. The number of H-pyrrole nitrogens is 1. The molecule has 1 aromatic carbocycles. The molecule has 7 nitrogen and oxygen atoms in total. The van der Waals surface area contributed by atoms with Crippen LogP contribution in [0, 0.1) is 12.7 Å². The summed E-state index contributed by atoms with van der Waals surface area (Å²) in [6.07, 6.45) is 1.87. The van der Waals surface area contributed by atoms with Crippen molar-refractivity contribution < 1.29 is 13.9 Å². The number of aryl methyl sites for hydroxylation is 1. The first kappa shape index (κ1) is 18.7. The molecule has 9 heteroatoms. The van der Waals surface area contributed by atoms with Crippen LogP contribution in [0.2, 0.25) is 0 Å². The summed E-state index contributed by atoms with van der Waals surface area (Å²) in [6.45, 7) is 4.48. The summed E-state index contributed by atoms with van der Waals surface area (Å²) in [6, 6.07) is 4.54. The molecule has 2 aromatic rings. The largest absolute Gasteiger partial charge is 0.376 e. The van der Waals surface area contributed by atoms with Gasteiger partial charge in [-0.15, -0.1) is 5.10 Å². The van der Waals surface area contributed by atoms with Crippen molar-refractivity contribution in [2.45, 2.75) is 49.7 Å². The second kappa shape index (κ2) is 8.05. The van der Waals surface area contributed by atoms with Crippen molar-refractivity contribution in [1.82, 2.24) is 14.8 Å². The molecule has 1 amide bonds. The van der Waals surface area contributed by atoms with Crippen LogP contribution in [0.25, 0.3) is 0 Å². The molecule has 1 saturated heterocycles. The summed E-state index contributed by atoms with van der Waals surface area (Å²) >= 11 is 1.17. The number of benzene rings is 1. The van der Waals surface area contributed by atoms with E-state index in [4.69, 9.17) is 4.74 Å². The second-order valence-electron chi connectivity index (χ2n) is 6.27. The zero-order valence-corrected chi connectivity index (χ0v) is 15.4. The maximum atomic E-state index is 13.6. The van der Waals surface area contributed by atoms with Crippen LogP contribution in [0.3, 0.4) is 0 Å². The second-order valence-corrected chi connectivity index (χ2v) is 7.58. The number of hydrogen-bond donors (Lipinski definition) is 2. The number of amides is 1. The fourth-order valence-electron chi connectivity index (χ4n) is 2.67. The minimum atomic E-state index is -0.516. The van der Waals surface area contributed by atoms with Crippen molar-refractivity contribution in [3.63, 3.8) is 0 Å². The summed E-state index contributed by atoms with van der Waals surface area (Å²) in [4.78, 5) is 24.3. The monoisotopic (exact) mass is 380 g/mol. The summed E-state index contributed by atoms with van der Waals surface area (Å²) in [5, 5.41) is 9.02. The van der Waals surface area contributed by atoms with Crippen molar-refractivity contribution >= 4 is 23.4 Å². The number of rotatable bonds is 6. The van der Waals surface area contributed by atoms with E-state index in [9.17, 15) is 14.0 Å². The molecule has 1 aliphatic rings. The van der Waals surface area contributed by atoms with Crippen LogP contribution >= 0.6 is 11.8 Å². The lowest BCUT2D eigenvalue weighted by atomic mass is 10.2. The molecule has 0 aliphatic carbocycles. The number of halogens is 1. The van der Waals surface area contributed by atoms with Crippen LogP contribution in [0.4, 0.5) is 10.1 Å². The van der Waals surface area contributed by atoms with Gasteiger partial charge in [-0.3, -0.25) is 9.36 Å². The number of aromatic nitrogens is 3. The van der Waals surface area contributed by atoms with E-state index in [0.29, 0.717) is 29.6 Å². The zero-order valence-electron chi connectivity index (χ0n) is 14.6. The highest BCUT2D eigenvalue weighted by Crippen LogP contribution is 2.23. The number of anilines is 1. The van der Waals surface area contributed by atoms with Crippen molar-refractivity contribution in [2.75, 3.05) is 11.9 Å². The van der Waals surface area contributed by atoms with E-state index in [1.807, 2.05) is 0 Å². The normalized spacial score (nSPS) is 18.0. The number of aromatic amines is 1. The van der Waals surface area contributed by atoms with Crippen molar-refractivity contribution in [2.24, 2.45) is 0 Å². The molecule has 1 aromatic heterocycles. The number of carbonyl (C=O) groups excluding carboxylic acids is 1. The maximum absolute atomic E-state index is 13.6. The van der Waals surface area contributed by atoms with Gasteiger partial charge in [0.15, 0.2) is 5.16 Å². The molecular weight excluding hydrogens is 359 g/mol. The van der Waals surface area contributed by atoms with E-state index in [0.717, 1.165) is 12.8 Å². The van der Waals surface area contributed by atoms with Crippen LogP contribution in [0.1, 0.15) is 25.3 Å². The Morgan fingerprint density at radius 3 is 3.08 bits per heavy atom. The fraction of sp³-hybridized carbons (Fsp3) is 0.471. The predicted octanol–water partition coefficient (Wildman–Crippen LogP) is 2.32. The van der Waals surface area contributed by atoms with Gasteiger partial charge in [0.25, 0.3) is 0 Å². The molecule has 0 unspecified atom stereocenters. The van der Waals surface area contributed by atoms with E-state index in [2.05, 4.69) is 15.5 Å². The topological polar surface area (TPSA) is 89.0 Å². The molecule has 2 atom stereocenters. The molecular formula is C17H21FN4O3S. The Morgan fingerprint density at radius 1 is 1.58 bits per heavy atom. The lowest BCUT2D eigenvalue weighted by molar-refractivity contribution is -0.115. The third-order valence-corrected chi connectivity index (χ3v) is 5.31. The molecule has 0 saturated carbocycles. The molecule has 0 bridgehead atoms. The average molecular weight is 380 g/mol. The quantitative estimate of drug-likeness (QED) is 0.751. The molecule has 1 aliphatic heterocycles. The Labute approximate surface area is 154 Å². The summed E-state index contributed by atoms with van der Waals surface area (Å²) in [5.41, 5.74) is 0.584. The van der Waals surface area contributed by atoms with Crippen LogP contribution in [0.15, 0.2) is 28.2 Å². The average Bonchev–Trinajstić information content (AvgIpc) is 3.23. The van der Waals surface area contributed by atoms with Gasteiger partial charge in [-0.25, -0.2) is 14.3 Å². The van der Waals surface area contributed by atoms with E-state index >= 15 is 0 Å². The van der Waals surface area contributed by atoms with Gasteiger partial charge in [-0.1, -0.05) is 17.8 Å². The van der Waals surface area contributed by atoms with Gasteiger partial charge >= 0.3 is 5.69 Å². The van der Waals surface area contributed by atoms with Crippen molar-refractivity contribution in [1.29, 1.82) is 0 Å². The predicted molar refractivity (Wildman–Crippen MR) is 96.9 cm³/mol. The molecule has 2 N–H and O–H groups in total. The highest BCUT2D eigenvalue weighted by molar-refractivity contribution is 8.00. The van der Waals surface area contributed by atoms with Gasteiger partial charge in [0.1, 0.15) is 5.82 Å². The zero-order chi connectivity index (χ0) is 18.7. The van der Waals surface area contributed by atoms with Gasteiger partial charge in [0.2, 0.25) is 5.91 Å². The maximum Gasteiger partial charge on any atom is 0.344 e. The van der Waals surface area contributed by atoms with Crippen LogP contribution in [-0.4, -0.2) is 38.6 Å². The Balaban J connectivity index is 1.65. The summed E-state index contributed by atoms with van der Waals surface area (Å²) in [5.74, 6) is -0.668. The van der Waals surface area contributed by atoms with Gasteiger partial charge in [-0.2, -0.15) is 0 Å². The Bertz CT molecular complexity index is 845. The van der Waals surface area contributed by atoms with Crippen molar-refractivity contribution in [3.8, 4) is 0 Å². The van der Waals surface area contributed by atoms with Crippen LogP contribution < -0.4 is 11.0 Å². The summed E-state index contributed by atoms with van der Waals surface area (Å²) < 4.78 is 20.7. The molecule has 0 radical (unpaired) electrons. The Kier molecular flexibility index (Phi) is 5.77. The first-order valence-corrected chi connectivity index (χ1v) is 9.32. The lowest BCUT2D eigenvalue weighted by Gasteiger charge is -2.14. The Morgan fingerprint density at radius 2 is 2.38 bits per heavy atom. The van der Waals surface area contributed by atoms with E-state index in [1.165, 1.54) is 22.4 Å². The number of nitrogens with one attached hydrogen (secondary N) is 2. The highest BCUT2D eigenvalue weighted by Gasteiger charge is 2.23. The first-order chi connectivity index (χ1) is 12.4. The fourth-order valence-corrected chi connectivity index (χ4v) is 3.54. The minimum absolute atomic E-state index is 0.00989. The third-order valence-electron chi connectivity index (χ3n) is 4.22. The van der Waals surface area contributed by atoms with Gasteiger partial charge in [0.05, 0.1) is 17.9 Å². The van der Waals surface area contributed by atoms with Gasteiger partial charge in [-0.05, 0) is 44.4 Å². The molecule has 2 heterocycles. The number of carbonyl (C=O) groups is 1. The van der Waals surface area contributed by atoms with Crippen LogP contribution in [-0.2, 0) is 16.1 Å². The lowest BCUT2D eigenvalue weighted by Crippen LogP contribution is -2.27. The number of thioether (sulfide) groups is 1. The SMILES string of the molecule is Cc1ccc(NC(=O)[C@@H](C)Sc2n[nH]c(=O)n2C[C@H]2CCCO2)cc1F. The smallest absolute Gasteiger partial charge is 0.344 e. The molecule has 0 spiro atoms. The number of hydrogen-bond acceptors (Lipinski definition) is 5. The minimum Gasteiger partial charge on any atom is -0.376 e. The first-order valence-electron chi connectivity index (χ1n) is 8.44. The van der Waals surface area contributed by atoms with E-state index in [1.54, 1.807) is 26.0 Å². The standard InChI is InChI=1S/C17H21FN4O3S/c1-10-5-6-12(8-14(10)18)19-15(23)11(2)26-17-21-20-16(24)22(17)9-13-4-3-7-25-13/h5-6,8,11,13H,3-4,7,9H2,1-2H3,(H,19,23)(H,20,24)/t11-,13-/m1/s1. The Hall–Kier alpha value is -2.13. The summed E-state index contributed by atoms with van der Waals surface area (Å²) in [7, 11) is 0. The number of nitrogens with zero attached hydrogens (tertiary/aromatic N) is 2. The molecule has 3 rings (SSSR count). The molecule has 1 fully saturated rings. The van der Waals surface area contributed by atoms with Gasteiger partial charge < -0.3 is 10.1 Å². The van der Waals surface area contributed by atoms with Crippen LogP contribution in [0.5, 0.6) is 0 Å². The van der Waals surface area contributed by atoms with Gasteiger partial charge in [0, 0.05) is 12.3 Å².